The van der Waals surface area contributed by atoms with Gasteiger partial charge in [0.15, 0.2) is 5.82 Å². The summed E-state index contributed by atoms with van der Waals surface area (Å²) in [6.07, 6.45) is 0.358. The molecule has 0 amide bonds. The lowest BCUT2D eigenvalue weighted by molar-refractivity contribution is 0.612. The van der Waals surface area contributed by atoms with Crippen molar-refractivity contribution in [3.05, 3.63) is 40.4 Å². The van der Waals surface area contributed by atoms with Gasteiger partial charge in [0.25, 0.3) is 0 Å². The SMILES string of the molecule is Cn1nnc(CC(N)c2cccc(F)c2Cl)n1. The standard InChI is InChI=1S/C10H11ClFN5/c1-17-15-9(14-16-17)5-8(13)6-3-2-4-7(12)10(6)11/h2-4,8H,5,13H2,1H3. The van der Waals surface area contributed by atoms with Crippen LogP contribution in [0.1, 0.15) is 17.4 Å². The third-order valence-corrected chi connectivity index (χ3v) is 2.73. The Labute approximate surface area is 102 Å². The molecule has 0 saturated heterocycles. The van der Waals surface area contributed by atoms with Crippen LogP contribution in [0.25, 0.3) is 0 Å². The quantitative estimate of drug-likeness (QED) is 0.896. The highest BCUT2D eigenvalue weighted by Gasteiger charge is 2.15. The smallest absolute Gasteiger partial charge is 0.176 e. The average Bonchev–Trinajstić information content (AvgIpc) is 2.68. The van der Waals surface area contributed by atoms with Crippen LogP contribution in [0.5, 0.6) is 0 Å². The number of nitrogens with zero attached hydrogens (tertiary/aromatic N) is 4. The van der Waals surface area contributed by atoms with Crippen LogP contribution in [0.4, 0.5) is 4.39 Å². The molecule has 2 aromatic rings. The maximum absolute atomic E-state index is 13.2. The third kappa shape index (κ3) is 2.59. The summed E-state index contributed by atoms with van der Waals surface area (Å²) in [6, 6.07) is 4.09. The molecule has 17 heavy (non-hydrogen) atoms. The lowest BCUT2D eigenvalue weighted by atomic mass is 10.0. The molecule has 0 radical (unpaired) electrons. The molecular formula is C10H11ClFN5. The molecular weight excluding hydrogens is 245 g/mol. The maximum atomic E-state index is 13.2. The van der Waals surface area contributed by atoms with Gasteiger partial charge in [-0.3, -0.25) is 0 Å². The van der Waals surface area contributed by atoms with Gasteiger partial charge in [0.1, 0.15) is 5.82 Å². The molecule has 5 nitrogen and oxygen atoms in total. The van der Waals surface area contributed by atoms with Gasteiger partial charge in [-0.05, 0) is 16.8 Å². The summed E-state index contributed by atoms with van der Waals surface area (Å²) in [5.74, 6) is 0.0204. The number of benzene rings is 1. The summed E-state index contributed by atoms with van der Waals surface area (Å²) in [7, 11) is 1.66. The second-order valence-corrected chi connectivity index (χ2v) is 4.03. The van der Waals surface area contributed by atoms with E-state index in [1.165, 1.54) is 10.9 Å². The van der Waals surface area contributed by atoms with Gasteiger partial charge in [-0.1, -0.05) is 23.7 Å². The molecule has 1 unspecified atom stereocenters. The molecule has 1 atom stereocenters. The van der Waals surface area contributed by atoms with E-state index < -0.39 is 11.9 Å². The predicted molar refractivity (Wildman–Crippen MR) is 60.8 cm³/mol. The number of nitrogens with two attached hydrogens (primary N) is 1. The van der Waals surface area contributed by atoms with E-state index in [1.54, 1.807) is 19.2 Å². The number of hydrogen-bond donors (Lipinski definition) is 1. The zero-order chi connectivity index (χ0) is 12.4. The molecule has 0 saturated carbocycles. The number of hydrogen-bond acceptors (Lipinski definition) is 4. The third-order valence-electron chi connectivity index (χ3n) is 2.33. The van der Waals surface area contributed by atoms with E-state index in [4.69, 9.17) is 17.3 Å². The Balaban J connectivity index is 2.20. The van der Waals surface area contributed by atoms with E-state index in [2.05, 4.69) is 15.4 Å². The first-order valence-corrected chi connectivity index (χ1v) is 5.38. The second-order valence-electron chi connectivity index (χ2n) is 3.65. The molecule has 2 rings (SSSR count). The van der Waals surface area contributed by atoms with Crippen LogP contribution in [0.3, 0.4) is 0 Å². The fourth-order valence-corrected chi connectivity index (χ4v) is 1.78. The Morgan fingerprint density at radius 3 is 2.94 bits per heavy atom. The van der Waals surface area contributed by atoms with Crippen LogP contribution < -0.4 is 5.73 Å². The Bertz CT molecular complexity index is 527. The number of halogens is 2. The number of aryl methyl sites for hydroxylation is 1. The van der Waals surface area contributed by atoms with Crippen LogP contribution in [-0.4, -0.2) is 20.2 Å². The van der Waals surface area contributed by atoms with Crippen molar-refractivity contribution in [1.29, 1.82) is 0 Å². The summed E-state index contributed by atoms with van der Waals surface area (Å²) < 4.78 is 13.2. The zero-order valence-corrected chi connectivity index (χ0v) is 9.89. The summed E-state index contributed by atoms with van der Waals surface area (Å²) in [5.41, 5.74) is 6.48. The van der Waals surface area contributed by atoms with E-state index in [-0.39, 0.29) is 5.02 Å². The van der Waals surface area contributed by atoms with Crippen molar-refractivity contribution in [3.63, 3.8) is 0 Å². The molecule has 0 aliphatic heterocycles. The minimum absolute atomic E-state index is 0.0453. The van der Waals surface area contributed by atoms with Gasteiger partial charge < -0.3 is 5.73 Å². The van der Waals surface area contributed by atoms with Crippen molar-refractivity contribution in [3.8, 4) is 0 Å². The van der Waals surface area contributed by atoms with Crippen molar-refractivity contribution in [2.75, 3.05) is 0 Å². The minimum Gasteiger partial charge on any atom is -0.324 e. The van der Waals surface area contributed by atoms with Crippen molar-refractivity contribution in [1.82, 2.24) is 20.2 Å². The number of tetrazole rings is 1. The minimum atomic E-state index is -0.480. The highest BCUT2D eigenvalue weighted by atomic mass is 35.5. The first-order chi connectivity index (χ1) is 8.08. The second kappa shape index (κ2) is 4.77. The van der Waals surface area contributed by atoms with Gasteiger partial charge in [0, 0.05) is 12.5 Å². The highest BCUT2D eigenvalue weighted by Crippen LogP contribution is 2.25. The molecule has 0 bridgehead atoms. The van der Waals surface area contributed by atoms with E-state index in [9.17, 15) is 4.39 Å². The van der Waals surface area contributed by atoms with Crippen LogP contribution in [0.15, 0.2) is 18.2 Å². The summed E-state index contributed by atoms with van der Waals surface area (Å²) in [4.78, 5) is 1.34. The van der Waals surface area contributed by atoms with Gasteiger partial charge in [0.2, 0.25) is 0 Å². The van der Waals surface area contributed by atoms with Crippen molar-refractivity contribution >= 4 is 11.6 Å². The molecule has 0 spiro atoms. The van der Waals surface area contributed by atoms with E-state index in [0.717, 1.165) is 0 Å². The van der Waals surface area contributed by atoms with Gasteiger partial charge in [-0.15, -0.1) is 10.2 Å². The van der Waals surface area contributed by atoms with Gasteiger partial charge in [-0.25, -0.2) is 4.39 Å². The van der Waals surface area contributed by atoms with E-state index >= 15 is 0 Å². The van der Waals surface area contributed by atoms with Crippen LogP contribution >= 0.6 is 11.6 Å². The first kappa shape index (κ1) is 11.9. The fourth-order valence-electron chi connectivity index (χ4n) is 1.52. The molecule has 2 N–H and O–H groups in total. The van der Waals surface area contributed by atoms with Gasteiger partial charge in [-0.2, -0.15) is 4.80 Å². The highest BCUT2D eigenvalue weighted by molar-refractivity contribution is 6.31. The Kier molecular flexibility index (Phi) is 3.35. The molecule has 0 aliphatic rings. The lowest BCUT2D eigenvalue weighted by Gasteiger charge is -2.11. The Morgan fingerprint density at radius 2 is 2.29 bits per heavy atom. The molecule has 0 fully saturated rings. The topological polar surface area (TPSA) is 69.6 Å². The molecule has 1 heterocycles. The van der Waals surface area contributed by atoms with Crippen LogP contribution in [-0.2, 0) is 13.5 Å². The molecule has 90 valence electrons. The molecule has 1 aromatic heterocycles. The molecule has 7 heteroatoms. The van der Waals surface area contributed by atoms with Crippen molar-refractivity contribution in [2.24, 2.45) is 12.8 Å². The van der Waals surface area contributed by atoms with Gasteiger partial charge >= 0.3 is 0 Å². The summed E-state index contributed by atoms with van der Waals surface area (Å²) in [5, 5.41) is 11.6. The fraction of sp³-hybridized carbons (Fsp3) is 0.300. The molecule has 1 aromatic carbocycles. The van der Waals surface area contributed by atoms with E-state index in [1.807, 2.05) is 0 Å². The lowest BCUT2D eigenvalue weighted by Crippen LogP contribution is -2.15. The van der Waals surface area contributed by atoms with Gasteiger partial charge in [0.05, 0.1) is 12.1 Å². The summed E-state index contributed by atoms with van der Waals surface area (Å²) in [6.45, 7) is 0. The number of rotatable bonds is 3. The average molecular weight is 256 g/mol. The monoisotopic (exact) mass is 255 g/mol. The maximum Gasteiger partial charge on any atom is 0.176 e. The zero-order valence-electron chi connectivity index (χ0n) is 9.14. The van der Waals surface area contributed by atoms with E-state index in [0.29, 0.717) is 17.8 Å². The normalized spacial score (nSPS) is 12.7. The largest absolute Gasteiger partial charge is 0.324 e. The Morgan fingerprint density at radius 1 is 1.53 bits per heavy atom. The van der Waals surface area contributed by atoms with Crippen molar-refractivity contribution in [2.45, 2.75) is 12.5 Å². The number of aromatic nitrogens is 4. The van der Waals surface area contributed by atoms with Crippen LogP contribution in [0.2, 0.25) is 5.02 Å². The summed E-state index contributed by atoms with van der Waals surface area (Å²) >= 11 is 5.84. The predicted octanol–water partition coefficient (Wildman–Crippen LogP) is 1.25. The van der Waals surface area contributed by atoms with Crippen molar-refractivity contribution < 1.29 is 4.39 Å². The Hall–Kier alpha value is -1.53. The van der Waals surface area contributed by atoms with Crippen LogP contribution in [0, 0.1) is 5.82 Å². The molecule has 0 aliphatic carbocycles. The first-order valence-electron chi connectivity index (χ1n) is 5.00.